The summed E-state index contributed by atoms with van der Waals surface area (Å²) < 4.78 is 5.39. The van der Waals surface area contributed by atoms with Crippen molar-refractivity contribution in [1.82, 2.24) is 9.80 Å². The van der Waals surface area contributed by atoms with E-state index in [1.807, 2.05) is 0 Å². The predicted octanol–water partition coefficient (Wildman–Crippen LogP) is 0.130. The second kappa shape index (κ2) is 5.00. The first-order valence-corrected chi connectivity index (χ1v) is 6.38. The lowest BCUT2D eigenvalue weighted by Crippen LogP contribution is -2.58. The van der Waals surface area contributed by atoms with Gasteiger partial charge in [0.05, 0.1) is 0 Å². The minimum atomic E-state index is -0.00607. The highest BCUT2D eigenvalue weighted by atomic mass is 16.5. The topological polar surface area (TPSA) is 41.7 Å². The number of hydrogen-bond acceptors (Lipinski definition) is 4. The lowest BCUT2D eigenvalue weighted by atomic mass is 9.90. The maximum atomic E-state index is 6.43. The van der Waals surface area contributed by atoms with E-state index in [2.05, 4.69) is 23.8 Å². The summed E-state index contributed by atoms with van der Waals surface area (Å²) in [5.41, 5.74) is 6.43. The van der Waals surface area contributed by atoms with Crippen molar-refractivity contribution in [2.24, 2.45) is 5.73 Å². The molecule has 0 aromatic rings. The number of nitrogens with zero attached hydrogens (tertiary/aromatic N) is 2. The summed E-state index contributed by atoms with van der Waals surface area (Å²) in [4.78, 5) is 4.94. The van der Waals surface area contributed by atoms with E-state index < -0.39 is 0 Å². The van der Waals surface area contributed by atoms with Crippen molar-refractivity contribution >= 4 is 0 Å². The van der Waals surface area contributed by atoms with Gasteiger partial charge in [-0.1, -0.05) is 0 Å². The molecule has 0 aromatic carbocycles. The third-order valence-corrected chi connectivity index (χ3v) is 4.07. The van der Waals surface area contributed by atoms with Crippen molar-refractivity contribution in [3.8, 4) is 0 Å². The van der Waals surface area contributed by atoms with Crippen molar-refractivity contribution in [3.63, 3.8) is 0 Å². The standard InChI is InChI=1S/C12H25N3O/c1-11-9-15(6-5-14(11)2)10-12(13)3-7-16-8-4-12/h11H,3-10,13H2,1-2H3. The fourth-order valence-corrected chi connectivity index (χ4v) is 2.65. The zero-order valence-corrected chi connectivity index (χ0v) is 10.6. The van der Waals surface area contributed by atoms with Crippen LogP contribution in [0, 0.1) is 0 Å². The van der Waals surface area contributed by atoms with Crippen LogP contribution in [-0.2, 0) is 4.74 Å². The Labute approximate surface area is 98.7 Å². The van der Waals surface area contributed by atoms with Crippen molar-refractivity contribution in [1.29, 1.82) is 0 Å². The molecule has 0 bridgehead atoms. The highest BCUT2D eigenvalue weighted by Crippen LogP contribution is 2.20. The molecule has 2 aliphatic heterocycles. The van der Waals surface area contributed by atoms with E-state index in [9.17, 15) is 0 Å². The van der Waals surface area contributed by atoms with Crippen LogP contribution in [0.5, 0.6) is 0 Å². The maximum Gasteiger partial charge on any atom is 0.0484 e. The van der Waals surface area contributed by atoms with Crippen LogP contribution in [0.25, 0.3) is 0 Å². The molecule has 1 unspecified atom stereocenters. The molecule has 2 rings (SSSR count). The van der Waals surface area contributed by atoms with Crippen molar-refractivity contribution in [2.75, 3.05) is 46.4 Å². The summed E-state index contributed by atoms with van der Waals surface area (Å²) in [5.74, 6) is 0. The Morgan fingerprint density at radius 3 is 2.62 bits per heavy atom. The first kappa shape index (κ1) is 12.3. The van der Waals surface area contributed by atoms with Gasteiger partial charge in [-0.25, -0.2) is 0 Å². The first-order chi connectivity index (χ1) is 7.59. The zero-order chi connectivity index (χ0) is 11.6. The van der Waals surface area contributed by atoms with Crippen LogP contribution in [0.4, 0.5) is 0 Å². The molecule has 0 spiro atoms. The number of rotatable bonds is 2. The first-order valence-electron chi connectivity index (χ1n) is 6.38. The molecule has 16 heavy (non-hydrogen) atoms. The van der Waals surface area contributed by atoms with Gasteiger partial charge in [0.2, 0.25) is 0 Å². The minimum absolute atomic E-state index is 0.00607. The lowest BCUT2D eigenvalue weighted by Gasteiger charge is -2.43. The Morgan fingerprint density at radius 1 is 1.31 bits per heavy atom. The third kappa shape index (κ3) is 2.94. The van der Waals surface area contributed by atoms with Gasteiger partial charge in [-0.3, -0.25) is 4.90 Å². The maximum absolute atomic E-state index is 6.43. The zero-order valence-electron chi connectivity index (χ0n) is 10.6. The highest BCUT2D eigenvalue weighted by Gasteiger charge is 2.32. The van der Waals surface area contributed by atoms with Gasteiger partial charge < -0.3 is 15.4 Å². The molecule has 4 heteroatoms. The number of ether oxygens (including phenoxy) is 1. The molecule has 1 atom stereocenters. The molecule has 2 saturated heterocycles. The fraction of sp³-hybridized carbons (Fsp3) is 1.00. The summed E-state index contributed by atoms with van der Waals surface area (Å²) in [6, 6.07) is 0.650. The molecular formula is C12H25N3O. The molecule has 0 aromatic heterocycles. The predicted molar refractivity (Wildman–Crippen MR) is 65.5 cm³/mol. The molecule has 2 fully saturated rings. The average molecular weight is 227 g/mol. The van der Waals surface area contributed by atoms with Crippen LogP contribution in [-0.4, -0.2) is 67.8 Å². The smallest absolute Gasteiger partial charge is 0.0484 e. The second-order valence-corrected chi connectivity index (χ2v) is 5.54. The van der Waals surface area contributed by atoms with Gasteiger partial charge in [-0.15, -0.1) is 0 Å². The number of nitrogens with two attached hydrogens (primary N) is 1. The normalized spacial score (nSPS) is 32.8. The van der Waals surface area contributed by atoms with Gasteiger partial charge in [-0.05, 0) is 26.8 Å². The summed E-state index contributed by atoms with van der Waals surface area (Å²) in [6.45, 7) is 8.46. The van der Waals surface area contributed by atoms with Crippen LogP contribution < -0.4 is 5.73 Å². The summed E-state index contributed by atoms with van der Waals surface area (Å²) in [7, 11) is 2.20. The van der Waals surface area contributed by atoms with Crippen LogP contribution in [0.15, 0.2) is 0 Å². The molecule has 4 nitrogen and oxygen atoms in total. The second-order valence-electron chi connectivity index (χ2n) is 5.54. The number of piperazine rings is 1. The molecular weight excluding hydrogens is 202 g/mol. The summed E-state index contributed by atoms with van der Waals surface area (Å²) >= 11 is 0. The van der Waals surface area contributed by atoms with E-state index >= 15 is 0 Å². The fourth-order valence-electron chi connectivity index (χ4n) is 2.65. The van der Waals surface area contributed by atoms with E-state index in [0.717, 1.165) is 52.2 Å². The number of likely N-dealkylation sites (N-methyl/N-ethyl adjacent to an activating group) is 1. The van der Waals surface area contributed by atoms with Gasteiger partial charge in [-0.2, -0.15) is 0 Å². The molecule has 94 valence electrons. The van der Waals surface area contributed by atoms with E-state index in [0.29, 0.717) is 6.04 Å². The lowest BCUT2D eigenvalue weighted by molar-refractivity contribution is 0.0225. The van der Waals surface area contributed by atoms with Crippen LogP contribution in [0.2, 0.25) is 0 Å². The number of hydrogen-bond donors (Lipinski definition) is 1. The van der Waals surface area contributed by atoms with Crippen molar-refractivity contribution < 1.29 is 4.74 Å². The van der Waals surface area contributed by atoms with Crippen molar-refractivity contribution in [3.05, 3.63) is 0 Å². The van der Waals surface area contributed by atoms with Crippen molar-refractivity contribution in [2.45, 2.75) is 31.3 Å². The quantitative estimate of drug-likeness (QED) is 0.728. The Hall–Kier alpha value is -0.160. The monoisotopic (exact) mass is 227 g/mol. The Balaban J connectivity index is 1.84. The van der Waals surface area contributed by atoms with E-state index in [1.165, 1.54) is 0 Å². The molecule has 0 saturated carbocycles. The summed E-state index contributed by atoms with van der Waals surface area (Å²) in [5, 5.41) is 0. The van der Waals surface area contributed by atoms with Gasteiger partial charge in [0.1, 0.15) is 0 Å². The Kier molecular flexibility index (Phi) is 3.85. The Morgan fingerprint density at radius 2 is 2.00 bits per heavy atom. The molecule has 2 N–H and O–H groups in total. The third-order valence-electron chi connectivity index (χ3n) is 4.07. The van der Waals surface area contributed by atoms with E-state index in [-0.39, 0.29) is 5.54 Å². The SMILES string of the molecule is CC1CN(CC2(N)CCOCC2)CCN1C. The molecule has 2 aliphatic rings. The van der Waals surface area contributed by atoms with E-state index in [1.54, 1.807) is 0 Å². The molecule has 0 radical (unpaired) electrons. The van der Waals surface area contributed by atoms with Gasteiger partial charge >= 0.3 is 0 Å². The largest absolute Gasteiger partial charge is 0.381 e. The molecule has 2 heterocycles. The van der Waals surface area contributed by atoms with Gasteiger partial charge in [0, 0.05) is 51.0 Å². The van der Waals surface area contributed by atoms with Crippen LogP contribution in [0.3, 0.4) is 0 Å². The molecule has 0 aliphatic carbocycles. The van der Waals surface area contributed by atoms with Crippen LogP contribution in [0.1, 0.15) is 19.8 Å². The van der Waals surface area contributed by atoms with Crippen LogP contribution >= 0.6 is 0 Å². The van der Waals surface area contributed by atoms with E-state index in [4.69, 9.17) is 10.5 Å². The Bertz CT molecular complexity index is 228. The van der Waals surface area contributed by atoms with Gasteiger partial charge in [0.15, 0.2) is 0 Å². The summed E-state index contributed by atoms with van der Waals surface area (Å²) in [6.07, 6.45) is 2.02. The average Bonchev–Trinajstić information content (AvgIpc) is 2.24. The highest BCUT2D eigenvalue weighted by molar-refractivity contribution is 4.91. The molecule has 0 amide bonds. The van der Waals surface area contributed by atoms with Gasteiger partial charge in [0.25, 0.3) is 0 Å². The minimum Gasteiger partial charge on any atom is -0.381 e.